The van der Waals surface area contributed by atoms with Gasteiger partial charge in [-0.1, -0.05) is 18.0 Å². The number of ether oxygens (including phenoxy) is 2. The fraction of sp³-hybridized carbons (Fsp3) is 0.400. The molecule has 2 rings (SSSR count). The molecule has 1 aromatic carbocycles. The fourth-order valence-corrected chi connectivity index (χ4v) is 2.28. The average molecular weight is 297 g/mol. The lowest BCUT2D eigenvalue weighted by molar-refractivity contribution is -0.131. The Labute approximate surface area is 123 Å². The van der Waals surface area contributed by atoms with Crippen LogP contribution in [0.15, 0.2) is 18.2 Å². The minimum Gasteiger partial charge on any atom is -0.493 e. The second kappa shape index (κ2) is 6.66. The number of hydrogen-bond donors (Lipinski definition) is 1. The van der Waals surface area contributed by atoms with Crippen LogP contribution in [0.1, 0.15) is 24.8 Å². The van der Waals surface area contributed by atoms with Gasteiger partial charge in [0.15, 0.2) is 11.5 Å². The summed E-state index contributed by atoms with van der Waals surface area (Å²) in [6, 6.07) is 3.38. The Bertz CT molecular complexity index is 521. The standard InChI is InChI=1S/C15H17ClO4/c1-19-13-8-11(5-6-14(17)18)7-12(16)15(13)20-9-10-3-2-4-10/h5-8,10H,2-4,9H2,1H3,(H,17,18). The van der Waals surface area contributed by atoms with Gasteiger partial charge in [0.1, 0.15) is 0 Å². The molecule has 0 saturated heterocycles. The largest absolute Gasteiger partial charge is 0.493 e. The van der Waals surface area contributed by atoms with E-state index in [1.165, 1.54) is 32.4 Å². The lowest BCUT2D eigenvalue weighted by Gasteiger charge is -2.25. The highest BCUT2D eigenvalue weighted by molar-refractivity contribution is 6.32. The molecule has 0 atom stereocenters. The molecule has 1 aromatic rings. The first-order valence-electron chi connectivity index (χ1n) is 6.51. The van der Waals surface area contributed by atoms with Gasteiger partial charge < -0.3 is 14.6 Å². The van der Waals surface area contributed by atoms with Crippen LogP contribution in [0.5, 0.6) is 11.5 Å². The molecule has 20 heavy (non-hydrogen) atoms. The molecule has 1 fully saturated rings. The summed E-state index contributed by atoms with van der Waals surface area (Å²) in [5.74, 6) is 0.628. The molecule has 0 spiro atoms. The van der Waals surface area contributed by atoms with E-state index in [1.807, 2.05) is 0 Å². The minimum absolute atomic E-state index is 0.425. The van der Waals surface area contributed by atoms with Crippen molar-refractivity contribution in [2.45, 2.75) is 19.3 Å². The second-order valence-electron chi connectivity index (χ2n) is 4.81. The van der Waals surface area contributed by atoms with Crippen LogP contribution in [0, 0.1) is 5.92 Å². The van der Waals surface area contributed by atoms with E-state index in [1.54, 1.807) is 12.1 Å². The van der Waals surface area contributed by atoms with Gasteiger partial charge >= 0.3 is 5.97 Å². The van der Waals surface area contributed by atoms with Crippen LogP contribution in [-0.2, 0) is 4.79 Å². The second-order valence-corrected chi connectivity index (χ2v) is 5.22. The van der Waals surface area contributed by atoms with E-state index in [-0.39, 0.29) is 0 Å². The number of carboxylic acids is 1. The van der Waals surface area contributed by atoms with Crippen molar-refractivity contribution in [3.05, 3.63) is 28.8 Å². The highest BCUT2D eigenvalue weighted by atomic mass is 35.5. The number of methoxy groups -OCH3 is 1. The summed E-state index contributed by atoms with van der Waals surface area (Å²) in [5, 5.41) is 9.05. The van der Waals surface area contributed by atoms with Gasteiger partial charge in [-0.25, -0.2) is 4.79 Å². The van der Waals surface area contributed by atoms with Crippen LogP contribution >= 0.6 is 11.6 Å². The molecule has 4 nitrogen and oxygen atoms in total. The predicted molar refractivity (Wildman–Crippen MR) is 77.5 cm³/mol. The van der Waals surface area contributed by atoms with Crippen molar-refractivity contribution < 1.29 is 19.4 Å². The maximum atomic E-state index is 10.5. The number of carbonyl (C=O) groups is 1. The monoisotopic (exact) mass is 296 g/mol. The number of hydrogen-bond acceptors (Lipinski definition) is 3. The summed E-state index contributed by atoms with van der Waals surface area (Å²) in [6.45, 7) is 0.639. The summed E-state index contributed by atoms with van der Waals surface area (Å²) in [6.07, 6.45) is 6.17. The summed E-state index contributed by atoms with van der Waals surface area (Å²) >= 11 is 6.19. The number of halogens is 1. The third-order valence-corrected chi connectivity index (χ3v) is 3.64. The van der Waals surface area contributed by atoms with Gasteiger partial charge in [-0.15, -0.1) is 0 Å². The molecule has 1 N–H and O–H groups in total. The Morgan fingerprint density at radius 2 is 2.25 bits per heavy atom. The number of benzene rings is 1. The third-order valence-electron chi connectivity index (χ3n) is 3.36. The van der Waals surface area contributed by atoms with Gasteiger partial charge in [0, 0.05) is 6.08 Å². The summed E-state index contributed by atoms with van der Waals surface area (Å²) in [7, 11) is 1.53. The third kappa shape index (κ3) is 3.67. The highest BCUT2D eigenvalue weighted by Gasteiger charge is 2.20. The SMILES string of the molecule is COc1cc(C=CC(=O)O)cc(Cl)c1OCC1CCC1. The van der Waals surface area contributed by atoms with Gasteiger partial charge in [0.05, 0.1) is 18.7 Å². The molecule has 108 valence electrons. The van der Waals surface area contributed by atoms with Crippen molar-refractivity contribution in [1.82, 2.24) is 0 Å². The first kappa shape index (κ1) is 14.7. The Kier molecular flexibility index (Phi) is 4.90. The molecular weight excluding hydrogens is 280 g/mol. The van der Waals surface area contributed by atoms with Crippen LogP contribution in [0.2, 0.25) is 5.02 Å². The Hall–Kier alpha value is -1.68. The summed E-state index contributed by atoms with van der Waals surface area (Å²) < 4.78 is 11.0. The van der Waals surface area contributed by atoms with E-state index < -0.39 is 5.97 Å². The normalized spacial score (nSPS) is 15.1. The van der Waals surface area contributed by atoms with E-state index in [9.17, 15) is 4.79 Å². The van der Waals surface area contributed by atoms with Crippen molar-refractivity contribution >= 4 is 23.6 Å². The van der Waals surface area contributed by atoms with E-state index in [0.717, 1.165) is 6.08 Å². The highest BCUT2D eigenvalue weighted by Crippen LogP contribution is 2.38. The quantitative estimate of drug-likeness (QED) is 0.815. The molecule has 0 unspecified atom stereocenters. The molecule has 0 heterocycles. The van der Waals surface area contributed by atoms with Gasteiger partial charge in [-0.05, 0) is 42.5 Å². The van der Waals surface area contributed by atoms with Crippen molar-refractivity contribution in [3.63, 3.8) is 0 Å². The van der Waals surface area contributed by atoms with E-state index >= 15 is 0 Å². The van der Waals surface area contributed by atoms with Crippen LogP contribution in [0.3, 0.4) is 0 Å². The zero-order valence-electron chi connectivity index (χ0n) is 11.3. The Balaban J connectivity index is 2.16. The predicted octanol–water partition coefficient (Wildman–Crippen LogP) is 3.63. The lowest BCUT2D eigenvalue weighted by atomic mass is 9.86. The molecule has 0 aromatic heterocycles. The number of rotatable bonds is 6. The van der Waals surface area contributed by atoms with Crippen LogP contribution in [-0.4, -0.2) is 24.8 Å². The van der Waals surface area contributed by atoms with Crippen molar-refractivity contribution in [2.24, 2.45) is 5.92 Å². The number of aliphatic carboxylic acids is 1. The smallest absolute Gasteiger partial charge is 0.328 e. The first-order chi connectivity index (χ1) is 9.60. The topological polar surface area (TPSA) is 55.8 Å². The molecule has 1 aliphatic carbocycles. The van der Waals surface area contributed by atoms with E-state index in [0.29, 0.717) is 34.6 Å². The molecular formula is C15H17ClO4. The van der Waals surface area contributed by atoms with Crippen LogP contribution in [0.25, 0.3) is 6.08 Å². The molecule has 1 aliphatic rings. The molecule has 0 bridgehead atoms. The van der Waals surface area contributed by atoms with Crippen LogP contribution < -0.4 is 9.47 Å². The van der Waals surface area contributed by atoms with E-state index in [2.05, 4.69) is 0 Å². The molecule has 0 radical (unpaired) electrons. The molecule has 0 amide bonds. The maximum Gasteiger partial charge on any atom is 0.328 e. The van der Waals surface area contributed by atoms with Crippen LogP contribution in [0.4, 0.5) is 0 Å². The molecule has 0 aliphatic heterocycles. The van der Waals surface area contributed by atoms with Crippen molar-refractivity contribution in [2.75, 3.05) is 13.7 Å². The zero-order chi connectivity index (χ0) is 14.5. The lowest BCUT2D eigenvalue weighted by Crippen LogP contribution is -2.19. The first-order valence-corrected chi connectivity index (χ1v) is 6.89. The zero-order valence-corrected chi connectivity index (χ0v) is 12.0. The summed E-state index contributed by atoms with van der Waals surface area (Å²) in [5.41, 5.74) is 0.658. The van der Waals surface area contributed by atoms with Crippen molar-refractivity contribution in [3.8, 4) is 11.5 Å². The maximum absolute atomic E-state index is 10.5. The average Bonchev–Trinajstić information content (AvgIpc) is 2.36. The van der Waals surface area contributed by atoms with Gasteiger partial charge in [-0.2, -0.15) is 0 Å². The minimum atomic E-state index is -1.01. The summed E-state index contributed by atoms with van der Waals surface area (Å²) in [4.78, 5) is 10.5. The molecule has 1 saturated carbocycles. The number of carboxylic acid groups (broad SMARTS) is 1. The van der Waals surface area contributed by atoms with Crippen molar-refractivity contribution in [1.29, 1.82) is 0 Å². The van der Waals surface area contributed by atoms with Gasteiger partial charge in [0.2, 0.25) is 0 Å². The molecule has 5 heteroatoms. The fourth-order valence-electron chi connectivity index (χ4n) is 2.00. The van der Waals surface area contributed by atoms with Gasteiger partial charge in [-0.3, -0.25) is 0 Å². The Morgan fingerprint density at radius 3 is 2.80 bits per heavy atom. The van der Waals surface area contributed by atoms with Gasteiger partial charge in [0.25, 0.3) is 0 Å². The Morgan fingerprint density at radius 1 is 1.50 bits per heavy atom. The van der Waals surface area contributed by atoms with E-state index in [4.69, 9.17) is 26.2 Å².